The molecule has 25 heavy (non-hydrogen) atoms. The zero-order valence-electron chi connectivity index (χ0n) is 12.7. The number of carbonyl (C=O) groups is 1. The van der Waals surface area contributed by atoms with Gasteiger partial charge in [-0.15, -0.1) is 0 Å². The van der Waals surface area contributed by atoms with Crippen LogP contribution < -0.4 is 16.0 Å². The summed E-state index contributed by atoms with van der Waals surface area (Å²) < 4.78 is 26.8. The van der Waals surface area contributed by atoms with E-state index in [4.69, 9.17) is 10.5 Å². The van der Waals surface area contributed by atoms with Crippen molar-refractivity contribution in [1.29, 1.82) is 10.5 Å². The molecular weight excluding hydrogens is 328 g/mol. The maximum Gasteiger partial charge on any atom is 0.323 e. The summed E-state index contributed by atoms with van der Waals surface area (Å²) in [5, 5.41) is 24.6. The van der Waals surface area contributed by atoms with Gasteiger partial charge < -0.3 is 16.0 Å². The van der Waals surface area contributed by atoms with Crippen LogP contribution in [0, 0.1) is 34.3 Å². The maximum atomic E-state index is 14.0. The zero-order valence-corrected chi connectivity index (χ0v) is 12.7. The van der Waals surface area contributed by atoms with Crippen LogP contribution in [0.25, 0.3) is 0 Å². The predicted molar refractivity (Wildman–Crippen MR) is 88.4 cm³/mol. The third kappa shape index (κ3) is 5.05. The molecule has 0 atom stereocenters. The van der Waals surface area contributed by atoms with E-state index in [9.17, 15) is 13.6 Å². The fourth-order valence-electron chi connectivity index (χ4n) is 1.78. The number of anilines is 3. The standard InChI is InChI=1S/C17H11F2N5O/c18-12-1-3-13(4-2-12)23-17(25)24-14-5-6-16(15(19)7-14)22-10-11(8-20)9-21/h1-7,10,22H,(H2,23,24,25). The van der Waals surface area contributed by atoms with E-state index in [-0.39, 0.29) is 16.9 Å². The number of hydrogen-bond donors (Lipinski definition) is 3. The lowest BCUT2D eigenvalue weighted by atomic mass is 10.2. The van der Waals surface area contributed by atoms with E-state index in [0.29, 0.717) is 5.69 Å². The van der Waals surface area contributed by atoms with Crippen LogP contribution >= 0.6 is 0 Å². The molecule has 0 aliphatic carbocycles. The van der Waals surface area contributed by atoms with Crippen LogP contribution in [0.15, 0.2) is 54.2 Å². The van der Waals surface area contributed by atoms with E-state index in [2.05, 4.69) is 16.0 Å². The van der Waals surface area contributed by atoms with Crippen molar-refractivity contribution in [2.75, 3.05) is 16.0 Å². The Kier molecular flexibility index (Phi) is 5.64. The third-order valence-electron chi connectivity index (χ3n) is 2.94. The Balaban J connectivity index is 2.01. The SMILES string of the molecule is N#CC(C#N)=CNc1ccc(NC(=O)Nc2ccc(F)cc2)cc1F. The van der Waals surface area contributed by atoms with Gasteiger partial charge in [-0.2, -0.15) is 10.5 Å². The van der Waals surface area contributed by atoms with E-state index in [1.807, 2.05) is 0 Å². The molecule has 2 rings (SSSR count). The molecular formula is C17H11F2N5O. The summed E-state index contributed by atoms with van der Waals surface area (Å²) in [5.41, 5.74) is 0.392. The molecule has 0 saturated heterocycles. The number of allylic oxidation sites excluding steroid dienone is 1. The molecule has 124 valence electrons. The molecule has 2 amide bonds. The average molecular weight is 339 g/mol. The van der Waals surface area contributed by atoms with Crippen LogP contribution in [0.1, 0.15) is 0 Å². The minimum atomic E-state index is -0.689. The molecule has 0 saturated carbocycles. The first kappa shape index (κ1) is 17.4. The van der Waals surface area contributed by atoms with E-state index in [0.717, 1.165) is 12.3 Å². The van der Waals surface area contributed by atoms with Crippen LogP contribution in [0.4, 0.5) is 30.6 Å². The number of nitriles is 2. The minimum absolute atomic E-state index is 0.0347. The van der Waals surface area contributed by atoms with Gasteiger partial charge in [0.2, 0.25) is 0 Å². The Hall–Kier alpha value is -3.91. The Bertz CT molecular complexity index is 879. The molecule has 0 unspecified atom stereocenters. The molecule has 0 heterocycles. The first-order valence-electron chi connectivity index (χ1n) is 6.92. The van der Waals surface area contributed by atoms with Crippen molar-refractivity contribution in [3.8, 4) is 12.1 Å². The van der Waals surface area contributed by atoms with Crippen LogP contribution in [0.2, 0.25) is 0 Å². The summed E-state index contributed by atoms with van der Waals surface area (Å²) in [7, 11) is 0. The first-order chi connectivity index (χ1) is 12.0. The number of carbonyl (C=O) groups excluding carboxylic acids is 1. The lowest BCUT2D eigenvalue weighted by Gasteiger charge is -2.09. The molecule has 0 spiro atoms. The van der Waals surface area contributed by atoms with Gasteiger partial charge in [0.1, 0.15) is 29.3 Å². The van der Waals surface area contributed by atoms with E-state index < -0.39 is 17.7 Å². The van der Waals surface area contributed by atoms with Crippen molar-refractivity contribution in [3.05, 3.63) is 65.9 Å². The highest BCUT2D eigenvalue weighted by atomic mass is 19.1. The predicted octanol–water partition coefficient (Wildman–Crippen LogP) is 3.95. The van der Waals surface area contributed by atoms with Crippen LogP contribution in [0.5, 0.6) is 0 Å². The number of nitrogens with zero attached hydrogens (tertiary/aromatic N) is 2. The lowest BCUT2D eigenvalue weighted by molar-refractivity contribution is 0.262. The Labute approximate surface area is 142 Å². The first-order valence-corrected chi connectivity index (χ1v) is 6.92. The molecule has 6 nitrogen and oxygen atoms in total. The van der Waals surface area contributed by atoms with Gasteiger partial charge in [-0.1, -0.05) is 0 Å². The molecule has 8 heteroatoms. The second kappa shape index (κ2) is 8.09. The number of rotatable bonds is 4. The van der Waals surface area contributed by atoms with Crippen LogP contribution in [-0.4, -0.2) is 6.03 Å². The van der Waals surface area contributed by atoms with Gasteiger partial charge in [0.05, 0.1) is 5.69 Å². The largest absolute Gasteiger partial charge is 0.357 e. The van der Waals surface area contributed by atoms with Gasteiger partial charge in [-0.25, -0.2) is 13.6 Å². The van der Waals surface area contributed by atoms with E-state index in [1.54, 1.807) is 12.1 Å². The zero-order chi connectivity index (χ0) is 18.2. The maximum absolute atomic E-state index is 14.0. The van der Waals surface area contributed by atoms with Gasteiger partial charge in [0.15, 0.2) is 0 Å². The highest BCUT2D eigenvalue weighted by Crippen LogP contribution is 2.19. The molecule has 0 bridgehead atoms. The summed E-state index contributed by atoms with van der Waals surface area (Å²) in [6.45, 7) is 0. The number of nitrogens with one attached hydrogen (secondary N) is 3. The van der Waals surface area contributed by atoms with Crippen molar-refractivity contribution >= 4 is 23.1 Å². The fourth-order valence-corrected chi connectivity index (χ4v) is 1.78. The van der Waals surface area contributed by atoms with Crippen molar-refractivity contribution < 1.29 is 13.6 Å². The quantitative estimate of drug-likeness (QED) is 0.734. The highest BCUT2D eigenvalue weighted by molar-refractivity contribution is 5.99. The van der Waals surface area contributed by atoms with Gasteiger partial charge in [-0.05, 0) is 42.5 Å². The fraction of sp³-hybridized carbons (Fsp3) is 0. The monoisotopic (exact) mass is 339 g/mol. The number of halogens is 2. The van der Waals surface area contributed by atoms with E-state index >= 15 is 0 Å². The van der Waals surface area contributed by atoms with E-state index in [1.165, 1.54) is 36.4 Å². The third-order valence-corrected chi connectivity index (χ3v) is 2.94. The number of hydrogen-bond acceptors (Lipinski definition) is 4. The Morgan fingerprint density at radius 1 is 0.960 bits per heavy atom. The van der Waals surface area contributed by atoms with Crippen molar-refractivity contribution in [1.82, 2.24) is 0 Å². The lowest BCUT2D eigenvalue weighted by Crippen LogP contribution is -2.19. The minimum Gasteiger partial charge on any atom is -0.357 e. The molecule has 2 aromatic carbocycles. The Morgan fingerprint density at radius 3 is 2.16 bits per heavy atom. The highest BCUT2D eigenvalue weighted by Gasteiger charge is 2.07. The summed E-state index contributed by atoms with van der Waals surface area (Å²) in [5.74, 6) is -1.12. The number of urea groups is 1. The van der Waals surface area contributed by atoms with Gasteiger partial charge >= 0.3 is 6.03 Å². The number of benzene rings is 2. The van der Waals surface area contributed by atoms with Crippen LogP contribution in [-0.2, 0) is 0 Å². The molecule has 0 fully saturated rings. The van der Waals surface area contributed by atoms with Gasteiger partial charge in [0.25, 0.3) is 0 Å². The second-order valence-electron chi connectivity index (χ2n) is 4.71. The molecule has 0 aliphatic heterocycles. The average Bonchev–Trinajstić information content (AvgIpc) is 2.59. The van der Waals surface area contributed by atoms with Crippen molar-refractivity contribution in [3.63, 3.8) is 0 Å². The normalized spacial score (nSPS) is 9.28. The molecule has 3 N–H and O–H groups in total. The summed E-state index contributed by atoms with van der Waals surface area (Å²) in [4.78, 5) is 11.8. The van der Waals surface area contributed by atoms with Gasteiger partial charge in [0, 0.05) is 17.6 Å². The second-order valence-corrected chi connectivity index (χ2v) is 4.71. The van der Waals surface area contributed by atoms with Crippen molar-refractivity contribution in [2.24, 2.45) is 0 Å². The van der Waals surface area contributed by atoms with Crippen LogP contribution in [0.3, 0.4) is 0 Å². The van der Waals surface area contributed by atoms with Crippen molar-refractivity contribution in [2.45, 2.75) is 0 Å². The summed E-state index contributed by atoms with van der Waals surface area (Å²) >= 11 is 0. The smallest absolute Gasteiger partial charge is 0.323 e. The van der Waals surface area contributed by atoms with Gasteiger partial charge in [-0.3, -0.25) is 0 Å². The summed E-state index contributed by atoms with van der Waals surface area (Å²) in [6, 6.07) is 11.6. The molecule has 2 aromatic rings. The Morgan fingerprint density at radius 2 is 1.56 bits per heavy atom. The topological polar surface area (TPSA) is 101 Å². The molecule has 0 radical (unpaired) electrons. The molecule has 0 aromatic heterocycles. The number of amides is 2. The summed E-state index contributed by atoms with van der Waals surface area (Å²) in [6.07, 6.45) is 1.08. The molecule has 0 aliphatic rings.